The summed E-state index contributed by atoms with van der Waals surface area (Å²) in [5, 5.41) is 3.64. The minimum absolute atomic E-state index is 0.411. The molecule has 3 rings (SSSR count). The minimum atomic E-state index is 0.411. The Balaban J connectivity index is 1.78. The fourth-order valence-electron chi connectivity index (χ4n) is 2.36. The van der Waals surface area contributed by atoms with Crippen molar-refractivity contribution >= 4 is 29.0 Å². The van der Waals surface area contributed by atoms with E-state index < -0.39 is 0 Å². The first-order valence-electron chi connectivity index (χ1n) is 6.04. The monoisotopic (exact) mass is 280 g/mol. The van der Waals surface area contributed by atoms with Crippen molar-refractivity contribution in [3.63, 3.8) is 0 Å². The second kappa shape index (κ2) is 4.60. The Labute approximate surface area is 102 Å². The Morgan fingerprint density at radius 3 is 2.75 bits per heavy atom. The number of nitrogens with zero attached hydrogens (tertiary/aromatic N) is 1. The van der Waals surface area contributed by atoms with Crippen LogP contribution in [0.2, 0.25) is 0 Å². The van der Waals surface area contributed by atoms with Crippen LogP contribution in [-0.4, -0.2) is 25.5 Å². The van der Waals surface area contributed by atoms with E-state index in [1.165, 1.54) is 46.6 Å². The fourth-order valence-corrected chi connectivity index (χ4v) is 4.33. The average molecular weight is 279 g/mol. The van der Waals surface area contributed by atoms with Crippen LogP contribution in [-0.2, 0) is 0 Å². The average Bonchev–Trinajstić information content (AvgIpc) is 2.72. The Bertz CT molecular complexity index is 438. The van der Waals surface area contributed by atoms with E-state index >= 15 is 0 Å². The van der Waals surface area contributed by atoms with Crippen LogP contribution < -0.4 is 5.32 Å². The van der Waals surface area contributed by atoms with Crippen molar-refractivity contribution in [2.24, 2.45) is 0 Å². The zero-order valence-electron chi connectivity index (χ0n) is 9.28. The third-order valence-corrected chi connectivity index (χ3v) is 5.26. The summed E-state index contributed by atoms with van der Waals surface area (Å²) in [6.45, 7) is 0. The number of aromatic nitrogens is 1. The van der Waals surface area contributed by atoms with Gasteiger partial charge in [0.2, 0.25) is 0 Å². The van der Waals surface area contributed by atoms with Crippen molar-refractivity contribution in [2.45, 2.75) is 38.1 Å². The molecule has 2 aromatic rings. The molecule has 0 saturated heterocycles. The molecule has 1 fully saturated rings. The SMILES string of the molecule is c1ccc2[se]c(NC3CCCCC3)nc2c1. The molecule has 1 aliphatic carbocycles. The van der Waals surface area contributed by atoms with E-state index in [4.69, 9.17) is 0 Å². The van der Waals surface area contributed by atoms with Crippen LogP contribution in [0.1, 0.15) is 32.1 Å². The van der Waals surface area contributed by atoms with E-state index in [-0.39, 0.29) is 0 Å². The second-order valence-electron chi connectivity index (χ2n) is 4.47. The molecule has 0 radical (unpaired) electrons. The van der Waals surface area contributed by atoms with E-state index in [2.05, 4.69) is 34.6 Å². The van der Waals surface area contributed by atoms with Gasteiger partial charge in [0, 0.05) is 0 Å². The fraction of sp³-hybridized carbons (Fsp3) is 0.462. The van der Waals surface area contributed by atoms with Gasteiger partial charge in [0.15, 0.2) is 0 Å². The number of hydrogen-bond acceptors (Lipinski definition) is 2. The van der Waals surface area contributed by atoms with Gasteiger partial charge in [0.1, 0.15) is 0 Å². The number of rotatable bonds is 2. The molecule has 2 nitrogen and oxygen atoms in total. The van der Waals surface area contributed by atoms with Gasteiger partial charge in [-0.05, 0) is 0 Å². The number of fused-ring (bicyclic) bond motifs is 1. The molecule has 1 aliphatic rings. The summed E-state index contributed by atoms with van der Waals surface area (Å²) in [6, 6.07) is 9.19. The zero-order valence-corrected chi connectivity index (χ0v) is 11.0. The summed E-state index contributed by atoms with van der Waals surface area (Å²) in [6.07, 6.45) is 6.82. The Morgan fingerprint density at radius 1 is 1.12 bits per heavy atom. The molecule has 1 N–H and O–H groups in total. The normalized spacial score (nSPS) is 17.8. The summed E-state index contributed by atoms with van der Waals surface area (Å²) in [5.41, 5.74) is 1.18. The third-order valence-electron chi connectivity index (χ3n) is 3.23. The van der Waals surface area contributed by atoms with Crippen LogP contribution in [0.15, 0.2) is 24.3 Å². The van der Waals surface area contributed by atoms with Gasteiger partial charge in [-0.2, -0.15) is 0 Å². The van der Waals surface area contributed by atoms with Crippen molar-refractivity contribution in [1.82, 2.24) is 4.98 Å². The van der Waals surface area contributed by atoms with Crippen molar-refractivity contribution in [1.29, 1.82) is 0 Å². The molecular formula is C13H16N2Se. The Hall–Kier alpha value is -0.791. The van der Waals surface area contributed by atoms with E-state index in [0.29, 0.717) is 20.5 Å². The molecule has 0 bridgehead atoms. The van der Waals surface area contributed by atoms with Crippen LogP contribution in [0.25, 0.3) is 9.78 Å². The molecule has 3 heteroatoms. The summed E-state index contributed by atoms with van der Waals surface area (Å²) in [5.74, 6) is 0. The number of para-hydroxylation sites is 1. The molecule has 0 amide bonds. The maximum atomic E-state index is 4.68. The predicted molar refractivity (Wildman–Crippen MR) is 69.2 cm³/mol. The van der Waals surface area contributed by atoms with Crippen molar-refractivity contribution in [2.75, 3.05) is 5.32 Å². The van der Waals surface area contributed by atoms with Gasteiger partial charge < -0.3 is 0 Å². The van der Waals surface area contributed by atoms with Gasteiger partial charge in [-0.15, -0.1) is 0 Å². The number of benzene rings is 1. The van der Waals surface area contributed by atoms with E-state index in [1.54, 1.807) is 0 Å². The first kappa shape index (κ1) is 10.4. The summed E-state index contributed by atoms with van der Waals surface area (Å²) in [4.78, 5) is 4.68. The van der Waals surface area contributed by atoms with Crippen LogP contribution in [0.3, 0.4) is 0 Å². The zero-order chi connectivity index (χ0) is 10.8. The van der Waals surface area contributed by atoms with Crippen LogP contribution in [0.4, 0.5) is 4.69 Å². The second-order valence-corrected chi connectivity index (χ2v) is 6.63. The molecule has 1 heterocycles. The molecule has 0 unspecified atom stereocenters. The van der Waals surface area contributed by atoms with Crippen molar-refractivity contribution in [3.8, 4) is 0 Å². The van der Waals surface area contributed by atoms with Crippen molar-refractivity contribution < 1.29 is 0 Å². The number of anilines is 1. The quantitative estimate of drug-likeness (QED) is 0.855. The van der Waals surface area contributed by atoms with E-state index in [0.717, 1.165) is 0 Å². The van der Waals surface area contributed by atoms with Gasteiger partial charge in [0.25, 0.3) is 0 Å². The Kier molecular flexibility index (Phi) is 2.98. The van der Waals surface area contributed by atoms with Crippen LogP contribution in [0, 0.1) is 0 Å². The van der Waals surface area contributed by atoms with Gasteiger partial charge in [0.05, 0.1) is 0 Å². The van der Waals surface area contributed by atoms with Gasteiger partial charge in [-0.25, -0.2) is 0 Å². The van der Waals surface area contributed by atoms with Crippen molar-refractivity contribution in [3.05, 3.63) is 24.3 Å². The Morgan fingerprint density at radius 2 is 1.94 bits per heavy atom. The first-order valence-corrected chi connectivity index (χ1v) is 7.75. The molecule has 16 heavy (non-hydrogen) atoms. The van der Waals surface area contributed by atoms with E-state index in [9.17, 15) is 0 Å². The molecule has 0 atom stereocenters. The summed E-state index contributed by atoms with van der Waals surface area (Å²) in [7, 11) is 0. The van der Waals surface area contributed by atoms with Gasteiger partial charge in [-0.3, -0.25) is 0 Å². The molecule has 1 saturated carbocycles. The van der Waals surface area contributed by atoms with E-state index in [1.807, 2.05) is 0 Å². The summed E-state index contributed by atoms with van der Waals surface area (Å²) < 4.78 is 2.66. The molecule has 1 aromatic carbocycles. The molecule has 1 aromatic heterocycles. The first-order chi connectivity index (χ1) is 7.92. The number of hydrogen-bond donors (Lipinski definition) is 1. The molecule has 84 valence electrons. The molecule has 0 spiro atoms. The topological polar surface area (TPSA) is 24.9 Å². The van der Waals surface area contributed by atoms with Crippen LogP contribution >= 0.6 is 0 Å². The van der Waals surface area contributed by atoms with Gasteiger partial charge >= 0.3 is 102 Å². The third kappa shape index (κ3) is 2.16. The van der Waals surface area contributed by atoms with Crippen LogP contribution in [0.5, 0.6) is 0 Å². The van der Waals surface area contributed by atoms with Gasteiger partial charge in [-0.1, -0.05) is 0 Å². The molecule has 0 aliphatic heterocycles. The number of nitrogens with one attached hydrogen (secondary N) is 1. The summed E-state index contributed by atoms with van der Waals surface area (Å²) >= 11 is 0.411. The maximum absolute atomic E-state index is 4.68. The predicted octanol–water partition coefficient (Wildman–Crippen LogP) is 3.04. The standard InChI is InChI=1S/C13H16N2Se/c1-2-6-10(7-3-1)14-13-15-11-8-4-5-9-12(11)16-13/h4-5,8-10H,1-3,6-7H2,(H,14,15). The molecular weight excluding hydrogens is 263 g/mol.